The number of nitrogens with zero attached hydrogens (tertiary/aromatic N) is 2. The summed E-state index contributed by atoms with van der Waals surface area (Å²) in [6.45, 7) is 4.50. The molecular formula is C21H22N4O4. The van der Waals surface area contributed by atoms with Crippen molar-refractivity contribution in [1.29, 1.82) is 0 Å². The molecule has 0 aliphatic carbocycles. The van der Waals surface area contributed by atoms with E-state index < -0.39 is 11.9 Å². The van der Waals surface area contributed by atoms with Crippen LogP contribution in [0.25, 0.3) is 5.52 Å². The molecule has 0 aliphatic heterocycles. The van der Waals surface area contributed by atoms with E-state index in [1.165, 1.54) is 7.11 Å². The van der Waals surface area contributed by atoms with Crippen LogP contribution in [0.2, 0.25) is 0 Å². The molecule has 0 atom stereocenters. The second kappa shape index (κ2) is 8.55. The molecule has 0 fully saturated rings. The number of methoxy groups -OCH3 is 1. The summed E-state index contributed by atoms with van der Waals surface area (Å²) in [5.41, 5.74) is 1.52. The van der Waals surface area contributed by atoms with E-state index in [4.69, 9.17) is 0 Å². The van der Waals surface area contributed by atoms with E-state index in [0.29, 0.717) is 29.2 Å². The lowest BCUT2D eigenvalue weighted by Crippen LogP contribution is -2.29. The average Bonchev–Trinajstić information content (AvgIpc) is 3.12. The van der Waals surface area contributed by atoms with Crippen molar-refractivity contribution in [3.05, 3.63) is 65.7 Å². The Morgan fingerprint density at radius 2 is 1.79 bits per heavy atom. The van der Waals surface area contributed by atoms with Gasteiger partial charge in [-0.2, -0.15) is 0 Å². The lowest BCUT2D eigenvalue weighted by atomic mass is 10.2. The van der Waals surface area contributed by atoms with Gasteiger partial charge in [0.15, 0.2) is 5.69 Å². The highest BCUT2D eigenvalue weighted by Gasteiger charge is 2.21. The van der Waals surface area contributed by atoms with E-state index in [-0.39, 0.29) is 17.4 Å². The first-order valence-corrected chi connectivity index (χ1v) is 9.15. The van der Waals surface area contributed by atoms with Crippen molar-refractivity contribution in [3.8, 4) is 0 Å². The lowest BCUT2D eigenvalue weighted by Gasteiger charge is -2.06. The summed E-state index contributed by atoms with van der Waals surface area (Å²) >= 11 is 0. The Morgan fingerprint density at radius 3 is 2.45 bits per heavy atom. The van der Waals surface area contributed by atoms with Crippen LogP contribution in [0.3, 0.4) is 0 Å². The van der Waals surface area contributed by atoms with Crippen molar-refractivity contribution in [3.63, 3.8) is 0 Å². The van der Waals surface area contributed by atoms with E-state index in [2.05, 4.69) is 20.4 Å². The van der Waals surface area contributed by atoms with Gasteiger partial charge in [0.05, 0.1) is 18.2 Å². The zero-order valence-electron chi connectivity index (χ0n) is 16.4. The third kappa shape index (κ3) is 4.43. The third-order valence-electron chi connectivity index (χ3n) is 4.20. The lowest BCUT2D eigenvalue weighted by molar-refractivity contribution is 0.0600. The minimum absolute atomic E-state index is 0.136. The fourth-order valence-electron chi connectivity index (χ4n) is 2.74. The predicted octanol–water partition coefficient (Wildman–Crippen LogP) is 2.76. The minimum atomic E-state index is -0.458. The summed E-state index contributed by atoms with van der Waals surface area (Å²) in [6.07, 6.45) is 1.69. The fourth-order valence-corrected chi connectivity index (χ4v) is 2.74. The van der Waals surface area contributed by atoms with E-state index in [1.807, 2.05) is 13.8 Å². The number of nitrogens with one attached hydrogen (secondary N) is 2. The van der Waals surface area contributed by atoms with Crippen LogP contribution in [-0.4, -0.2) is 40.8 Å². The van der Waals surface area contributed by atoms with Crippen LogP contribution in [0.5, 0.6) is 0 Å². The molecule has 2 N–H and O–H groups in total. The molecular weight excluding hydrogens is 372 g/mol. The maximum absolute atomic E-state index is 12.8. The SMILES string of the molecule is COC(=O)c1ccc(NC(=O)c2nc(C(=O)NCC(C)C)n3ccccc23)cc1. The highest BCUT2D eigenvalue weighted by molar-refractivity contribution is 6.09. The van der Waals surface area contributed by atoms with Gasteiger partial charge >= 0.3 is 5.97 Å². The van der Waals surface area contributed by atoms with Gasteiger partial charge in [-0.25, -0.2) is 9.78 Å². The number of imidazole rings is 1. The van der Waals surface area contributed by atoms with Crippen LogP contribution < -0.4 is 10.6 Å². The van der Waals surface area contributed by atoms with Crippen LogP contribution in [-0.2, 0) is 4.74 Å². The molecule has 0 radical (unpaired) electrons. The van der Waals surface area contributed by atoms with Crippen LogP contribution >= 0.6 is 0 Å². The Morgan fingerprint density at radius 1 is 1.07 bits per heavy atom. The number of carbonyl (C=O) groups excluding carboxylic acids is 3. The second-order valence-electron chi connectivity index (χ2n) is 6.87. The minimum Gasteiger partial charge on any atom is -0.465 e. The number of hydrogen-bond donors (Lipinski definition) is 2. The Hall–Kier alpha value is -3.68. The van der Waals surface area contributed by atoms with Gasteiger partial charge in [-0.3, -0.25) is 14.0 Å². The van der Waals surface area contributed by atoms with E-state index in [0.717, 1.165) is 0 Å². The molecule has 8 heteroatoms. The van der Waals surface area contributed by atoms with Gasteiger partial charge in [0.25, 0.3) is 11.8 Å². The maximum atomic E-state index is 12.8. The number of fused-ring (bicyclic) bond motifs is 1. The normalized spacial score (nSPS) is 10.8. The molecule has 0 saturated heterocycles. The van der Waals surface area contributed by atoms with Gasteiger partial charge in [-0.05, 0) is 42.3 Å². The van der Waals surface area contributed by atoms with Gasteiger partial charge in [0.1, 0.15) is 0 Å². The molecule has 1 aromatic carbocycles. The molecule has 0 spiro atoms. The van der Waals surface area contributed by atoms with Crippen LogP contribution in [0.1, 0.15) is 45.3 Å². The first-order chi connectivity index (χ1) is 13.9. The van der Waals surface area contributed by atoms with Gasteiger partial charge in [-0.15, -0.1) is 0 Å². The molecule has 29 heavy (non-hydrogen) atoms. The first-order valence-electron chi connectivity index (χ1n) is 9.15. The van der Waals surface area contributed by atoms with Crippen LogP contribution in [0.4, 0.5) is 5.69 Å². The quantitative estimate of drug-likeness (QED) is 0.626. The van der Waals surface area contributed by atoms with Gasteiger partial charge in [-0.1, -0.05) is 19.9 Å². The van der Waals surface area contributed by atoms with Crippen molar-refractivity contribution in [2.45, 2.75) is 13.8 Å². The standard InChI is InChI=1S/C21H22N4O4/c1-13(2)12-22-20(27)18-24-17(16-6-4-5-11-25(16)18)19(26)23-15-9-7-14(8-10-15)21(28)29-3/h4-11,13H,12H2,1-3H3,(H,22,27)(H,23,26). The van der Waals surface area contributed by atoms with Crippen molar-refractivity contribution in [2.75, 3.05) is 19.0 Å². The van der Waals surface area contributed by atoms with Crippen molar-refractivity contribution < 1.29 is 19.1 Å². The molecule has 2 aromatic heterocycles. The van der Waals surface area contributed by atoms with Gasteiger partial charge in [0.2, 0.25) is 5.82 Å². The molecule has 0 saturated carbocycles. The molecule has 8 nitrogen and oxygen atoms in total. The Labute approximate surface area is 167 Å². The largest absolute Gasteiger partial charge is 0.465 e. The number of amides is 2. The number of aromatic nitrogens is 2. The highest BCUT2D eigenvalue weighted by atomic mass is 16.5. The summed E-state index contributed by atoms with van der Waals surface area (Å²) in [5.74, 6) is -0.822. The molecule has 0 unspecified atom stereocenters. The maximum Gasteiger partial charge on any atom is 0.337 e. The summed E-state index contributed by atoms with van der Waals surface area (Å²) in [4.78, 5) is 41.1. The van der Waals surface area contributed by atoms with Crippen LogP contribution in [0.15, 0.2) is 48.7 Å². The van der Waals surface area contributed by atoms with Crippen LogP contribution in [0, 0.1) is 5.92 Å². The van der Waals surface area contributed by atoms with Crippen molar-refractivity contribution >= 4 is 29.0 Å². The fraction of sp³-hybridized carbons (Fsp3) is 0.238. The molecule has 150 valence electrons. The zero-order valence-corrected chi connectivity index (χ0v) is 16.4. The number of rotatable bonds is 6. The molecule has 3 rings (SSSR count). The predicted molar refractivity (Wildman–Crippen MR) is 108 cm³/mol. The summed E-state index contributed by atoms with van der Waals surface area (Å²) in [5, 5.41) is 5.56. The number of ether oxygens (including phenoxy) is 1. The highest BCUT2D eigenvalue weighted by Crippen LogP contribution is 2.17. The molecule has 2 amide bonds. The average molecular weight is 394 g/mol. The summed E-state index contributed by atoms with van der Waals surface area (Å²) in [6, 6.07) is 11.6. The van der Waals surface area contributed by atoms with E-state index in [1.54, 1.807) is 53.1 Å². The van der Waals surface area contributed by atoms with E-state index in [9.17, 15) is 14.4 Å². The summed E-state index contributed by atoms with van der Waals surface area (Å²) < 4.78 is 6.25. The molecule has 2 heterocycles. The van der Waals surface area contributed by atoms with Gasteiger partial charge < -0.3 is 15.4 Å². The Kier molecular flexibility index (Phi) is 5.92. The van der Waals surface area contributed by atoms with Crippen molar-refractivity contribution in [2.24, 2.45) is 5.92 Å². The van der Waals surface area contributed by atoms with Crippen molar-refractivity contribution in [1.82, 2.24) is 14.7 Å². The van der Waals surface area contributed by atoms with E-state index >= 15 is 0 Å². The number of hydrogen-bond acceptors (Lipinski definition) is 5. The number of esters is 1. The number of benzene rings is 1. The number of carbonyl (C=O) groups is 3. The first kappa shape index (κ1) is 20.1. The molecule has 0 aliphatic rings. The Bertz CT molecular complexity index is 1050. The monoisotopic (exact) mass is 394 g/mol. The van der Waals surface area contributed by atoms with Gasteiger partial charge in [0, 0.05) is 18.4 Å². The molecule has 0 bridgehead atoms. The topological polar surface area (TPSA) is 102 Å². The number of pyridine rings is 1. The smallest absolute Gasteiger partial charge is 0.337 e. The second-order valence-corrected chi connectivity index (χ2v) is 6.87. The molecule has 3 aromatic rings. The summed E-state index contributed by atoms with van der Waals surface area (Å²) in [7, 11) is 1.30. The Balaban J connectivity index is 1.86. The third-order valence-corrected chi connectivity index (χ3v) is 4.20. The zero-order chi connectivity index (χ0) is 21.0. The number of anilines is 1.